The van der Waals surface area contributed by atoms with Crippen molar-refractivity contribution in [1.82, 2.24) is 14.5 Å². The number of rotatable bonds is 4. The number of anilines is 1. The normalized spacial score (nSPS) is 10.8. The van der Waals surface area contributed by atoms with E-state index in [0.29, 0.717) is 11.2 Å². The van der Waals surface area contributed by atoms with Gasteiger partial charge < -0.3 is 9.88 Å². The van der Waals surface area contributed by atoms with Crippen LogP contribution < -0.4 is 5.32 Å². The maximum absolute atomic E-state index is 12.8. The zero-order valence-electron chi connectivity index (χ0n) is 15.8. The Morgan fingerprint density at radius 3 is 2.66 bits per heavy atom. The number of imidazole rings is 1. The molecule has 2 heterocycles. The predicted molar refractivity (Wildman–Crippen MR) is 109 cm³/mol. The van der Waals surface area contributed by atoms with Crippen molar-refractivity contribution in [2.75, 3.05) is 5.32 Å². The van der Waals surface area contributed by atoms with Gasteiger partial charge in [-0.2, -0.15) is 0 Å². The van der Waals surface area contributed by atoms with Gasteiger partial charge in [-0.05, 0) is 37.1 Å². The lowest BCUT2D eigenvalue weighted by molar-refractivity contribution is -0.385. The van der Waals surface area contributed by atoms with Gasteiger partial charge in [0.25, 0.3) is 11.6 Å². The molecular weight excluding hydrogens is 370 g/mol. The number of nitrogens with one attached hydrogen (secondary N) is 1. The van der Waals surface area contributed by atoms with E-state index in [2.05, 4.69) is 15.3 Å². The molecule has 0 saturated carbocycles. The fraction of sp³-hybridized carbons (Fsp3) is 0.0952. The molecule has 0 radical (unpaired) electrons. The van der Waals surface area contributed by atoms with Gasteiger partial charge in [-0.25, -0.2) is 4.98 Å². The quantitative estimate of drug-likeness (QED) is 0.418. The second-order valence-electron chi connectivity index (χ2n) is 6.64. The number of carbonyl (C=O) groups excluding carboxylic acids is 1. The van der Waals surface area contributed by atoms with Crippen molar-refractivity contribution < 1.29 is 9.72 Å². The Labute approximate surface area is 166 Å². The number of aromatic nitrogens is 3. The summed E-state index contributed by atoms with van der Waals surface area (Å²) < 4.78 is 1.90. The maximum atomic E-state index is 12.8. The number of nitrogens with zero attached hydrogens (tertiary/aromatic N) is 4. The van der Waals surface area contributed by atoms with Crippen LogP contribution in [-0.2, 0) is 0 Å². The Bertz CT molecular complexity index is 1250. The molecule has 0 bridgehead atoms. The van der Waals surface area contributed by atoms with Crippen LogP contribution in [0.4, 0.5) is 11.4 Å². The zero-order valence-corrected chi connectivity index (χ0v) is 15.8. The van der Waals surface area contributed by atoms with E-state index in [-0.39, 0.29) is 11.3 Å². The lowest BCUT2D eigenvalue weighted by Gasteiger charge is -2.15. The molecule has 1 N–H and O–H groups in total. The van der Waals surface area contributed by atoms with Crippen LogP contribution in [0.3, 0.4) is 0 Å². The molecule has 144 valence electrons. The molecule has 0 saturated heterocycles. The minimum atomic E-state index is -0.569. The Hall–Kier alpha value is -4.07. The first kappa shape index (κ1) is 18.3. The van der Waals surface area contributed by atoms with Gasteiger partial charge in [-0.15, -0.1) is 0 Å². The number of hydrogen-bond acceptors (Lipinski definition) is 5. The molecule has 8 nitrogen and oxygen atoms in total. The van der Waals surface area contributed by atoms with E-state index < -0.39 is 10.8 Å². The summed E-state index contributed by atoms with van der Waals surface area (Å²) in [5, 5.41) is 14.9. The number of fused-ring (bicyclic) bond motifs is 1. The standard InChI is InChI=1S/C21H17N5O3/c1-13-7-8-16(24-21(27)15-5-3-4-6-17(15)26(28)29)19-18(13)20(14(2)11-23-19)25-10-9-22-12-25/h3-12H,1-2H3,(H,24,27). The highest BCUT2D eigenvalue weighted by Crippen LogP contribution is 2.32. The van der Waals surface area contributed by atoms with Crippen molar-refractivity contribution in [3.05, 3.63) is 88.1 Å². The number of benzene rings is 2. The average molecular weight is 387 g/mol. The summed E-state index contributed by atoms with van der Waals surface area (Å²) in [7, 11) is 0. The van der Waals surface area contributed by atoms with E-state index in [1.807, 2.05) is 30.7 Å². The van der Waals surface area contributed by atoms with E-state index in [9.17, 15) is 14.9 Å². The monoisotopic (exact) mass is 387 g/mol. The van der Waals surface area contributed by atoms with Gasteiger partial charge in [0.2, 0.25) is 0 Å². The van der Waals surface area contributed by atoms with Crippen molar-refractivity contribution in [1.29, 1.82) is 0 Å². The molecule has 0 aliphatic heterocycles. The Morgan fingerprint density at radius 1 is 1.14 bits per heavy atom. The number of carbonyl (C=O) groups is 1. The molecule has 0 spiro atoms. The summed E-state index contributed by atoms with van der Waals surface area (Å²) in [5.41, 5.74) is 3.70. The highest BCUT2D eigenvalue weighted by Gasteiger charge is 2.21. The van der Waals surface area contributed by atoms with Gasteiger partial charge >= 0.3 is 0 Å². The molecule has 0 fully saturated rings. The van der Waals surface area contributed by atoms with Gasteiger partial charge in [0, 0.05) is 30.0 Å². The Morgan fingerprint density at radius 2 is 1.93 bits per heavy atom. The predicted octanol–water partition coefficient (Wildman–Crippen LogP) is 4.20. The first-order valence-corrected chi connectivity index (χ1v) is 8.89. The highest BCUT2D eigenvalue weighted by molar-refractivity contribution is 6.11. The molecule has 29 heavy (non-hydrogen) atoms. The van der Waals surface area contributed by atoms with E-state index in [1.54, 1.807) is 30.9 Å². The number of nitro groups is 1. The molecule has 4 rings (SSSR count). The molecule has 8 heteroatoms. The van der Waals surface area contributed by atoms with Crippen molar-refractivity contribution >= 4 is 28.2 Å². The van der Waals surface area contributed by atoms with Gasteiger partial charge in [-0.3, -0.25) is 19.9 Å². The second kappa shape index (κ2) is 7.16. The molecule has 0 aliphatic carbocycles. The molecule has 0 unspecified atom stereocenters. The summed E-state index contributed by atoms with van der Waals surface area (Å²) in [6.07, 6.45) is 6.98. The fourth-order valence-corrected chi connectivity index (χ4v) is 3.38. The molecule has 2 aromatic carbocycles. The molecule has 0 aliphatic rings. The molecule has 0 atom stereocenters. The zero-order chi connectivity index (χ0) is 20.5. The van der Waals surface area contributed by atoms with E-state index in [4.69, 9.17) is 0 Å². The van der Waals surface area contributed by atoms with E-state index in [0.717, 1.165) is 22.2 Å². The van der Waals surface area contributed by atoms with Crippen molar-refractivity contribution in [3.63, 3.8) is 0 Å². The topological polar surface area (TPSA) is 103 Å². The number of aryl methyl sites for hydroxylation is 2. The third kappa shape index (κ3) is 3.20. The largest absolute Gasteiger partial charge is 0.320 e. The fourth-order valence-electron chi connectivity index (χ4n) is 3.38. The van der Waals surface area contributed by atoms with Crippen LogP contribution in [0.1, 0.15) is 21.5 Å². The smallest absolute Gasteiger partial charge is 0.282 e. The lowest BCUT2D eigenvalue weighted by atomic mass is 10.0. The van der Waals surface area contributed by atoms with Crippen molar-refractivity contribution in [3.8, 4) is 5.69 Å². The van der Waals surface area contributed by atoms with Crippen molar-refractivity contribution in [2.24, 2.45) is 0 Å². The molecule has 1 amide bonds. The summed E-state index contributed by atoms with van der Waals surface area (Å²) >= 11 is 0. The lowest BCUT2D eigenvalue weighted by Crippen LogP contribution is -2.14. The molecular formula is C21H17N5O3. The molecule has 2 aromatic heterocycles. The highest BCUT2D eigenvalue weighted by atomic mass is 16.6. The number of hydrogen-bond donors (Lipinski definition) is 1. The van der Waals surface area contributed by atoms with Crippen LogP contribution in [-0.4, -0.2) is 25.4 Å². The first-order valence-electron chi connectivity index (χ1n) is 8.89. The summed E-state index contributed by atoms with van der Waals surface area (Å²) in [6, 6.07) is 9.49. The van der Waals surface area contributed by atoms with Gasteiger partial charge in [-0.1, -0.05) is 18.2 Å². The third-order valence-electron chi connectivity index (χ3n) is 4.74. The van der Waals surface area contributed by atoms with Crippen LogP contribution in [0.5, 0.6) is 0 Å². The molecule has 4 aromatic rings. The minimum absolute atomic E-state index is 0.00632. The number of amides is 1. The SMILES string of the molecule is Cc1cnc2c(NC(=O)c3ccccc3[N+](=O)[O-])ccc(C)c2c1-n1ccnc1. The van der Waals surface area contributed by atoms with Crippen LogP contribution in [0, 0.1) is 24.0 Å². The average Bonchev–Trinajstić information content (AvgIpc) is 3.24. The van der Waals surface area contributed by atoms with E-state index >= 15 is 0 Å². The van der Waals surface area contributed by atoms with Gasteiger partial charge in [0.15, 0.2) is 0 Å². The van der Waals surface area contributed by atoms with E-state index in [1.165, 1.54) is 18.2 Å². The Kier molecular flexibility index (Phi) is 4.52. The number of nitro benzene ring substituents is 1. The summed E-state index contributed by atoms with van der Waals surface area (Å²) in [4.78, 5) is 32.1. The van der Waals surface area contributed by atoms with Crippen LogP contribution >= 0.6 is 0 Å². The summed E-state index contributed by atoms with van der Waals surface area (Å²) in [5.74, 6) is -0.561. The van der Waals surface area contributed by atoms with Gasteiger partial charge in [0.05, 0.1) is 28.1 Å². The first-order chi connectivity index (χ1) is 14.0. The van der Waals surface area contributed by atoms with Gasteiger partial charge in [0.1, 0.15) is 5.56 Å². The number of para-hydroxylation sites is 1. The minimum Gasteiger partial charge on any atom is -0.320 e. The second-order valence-corrected chi connectivity index (χ2v) is 6.64. The van der Waals surface area contributed by atoms with Crippen LogP contribution in [0.2, 0.25) is 0 Å². The maximum Gasteiger partial charge on any atom is 0.282 e. The van der Waals surface area contributed by atoms with Crippen LogP contribution in [0.25, 0.3) is 16.6 Å². The Balaban J connectivity index is 1.85. The van der Waals surface area contributed by atoms with Crippen molar-refractivity contribution in [2.45, 2.75) is 13.8 Å². The summed E-state index contributed by atoms with van der Waals surface area (Å²) in [6.45, 7) is 3.93. The van der Waals surface area contributed by atoms with Crippen LogP contribution in [0.15, 0.2) is 61.3 Å². The third-order valence-corrected chi connectivity index (χ3v) is 4.74. The number of pyridine rings is 1.